The van der Waals surface area contributed by atoms with Crippen molar-refractivity contribution in [3.63, 3.8) is 0 Å². The zero-order chi connectivity index (χ0) is 13.1. The molecule has 1 heterocycles. The fourth-order valence-corrected chi connectivity index (χ4v) is 2.17. The lowest BCUT2D eigenvalue weighted by atomic mass is 10.2. The van der Waals surface area contributed by atoms with Gasteiger partial charge in [0, 0.05) is 13.2 Å². The van der Waals surface area contributed by atoms with Crippen LogP contribution in [0.4, 0.5) is 0 Å². The molecule has 98 valence electrons. The molecule has 7 nitrogen and oxygen atoms in total. The summed E-state index contributed by atoms with van der Waals surface area (Å²) in [6.07, 6.45) is 3.83. The second-order valence-electron chi connectivity index (χ2n) is 4.27. The third kappa shape index (κ3) is 2.51. The summed E-state index contributed by atoms with van der Waals surface area (Å²) >= 11 is 0. The number of ether oxygens (including phenoxy) is 1. The summed E-state index contributed by atoms with van der Waals surface area (Å²) in [6.45, 7) is 0. The minimum absolute atomic E-state index is 0.0146. The quantitative estimate of drug-likeness (QED) is 0.720. The number of H-pyrrole nitrogens is 1. The first-order valence-corrected chi connectivity index (χ1v) is 5.72. The van der Waals surface area contributed by atoms with Gasteiger partial charge in [0.25, 0.3) is 5.91 Å². The molecule has 2 unspecified atom stereocenters. The van der Waals surface area contributed by atoms with Gasteiger partial charge in [0.05, 0.1) is 12.4 Å². The Bertz CT molecular complexity index is 457. The number of aromatic carboxylic acids is 1. The molecule has 0 bridgehead atoms. The third-order valence-corrected chi connectivity index (χ3v) is 3.12. The van der Waals surface area contributed by atoms with Crippen LogP contribution in [-0.4, -0.2) is 46.2 Å². The maximum absolute atomic E-state index is 11.9. The second-order valence-corrected chi connectivity index (χ2v) is 4.27. The Morgan fingerprint density at radius 3 is 2.94 bits per heavy atom. The Labute approximate surface area is 104 Å². The van der Waals surface area contributed by atoms with Crippen molar-refractivity contribution in [2.24, 2.45) is 0 Å². The Morgan fingerprint density at radius 2 is 2.33 bits per heavy atom. The zero-order valence-corrected chi connectivity index (χ0v) is 9.97. The minimum atomic E-state index is -1.20. The van der Waals surface area contributed by atoms with E-state index in [4.69, 9.17) is 9.84 Å². The summed E-state index contributed by atoms with van der Waals surface area (Å²) in [6, 6.07) is 0.0146. The van der Waals surface area contributed by atoms with E-state index < -0.39 is 11.9 Å². The van der Waals surface area contributed by atoms with Gasteiger partial charge in [0.15, 0.2) is 11.4 Å². The van der Waals surface area contributed by atoms with Gasteiger partial charge >= 0.3 is 5.97 Å². The smallest absolute Gasteiger partial charge is 0.354 e. The first-order chi connectivity index (χ1) is 8.61. The summed E-state index contributed by atoms with van der Waals surface area (Å²) < 4.78 is 5.21. The number of carboxylic acid groups (broad SMARTS) is 1. The number of carbonyl (C=O) groups is 2. The van der Waals surface area contributed by atoms with Crippen LogP contribution >= 0.6 is 0 Å². The fraction of sp³-hybridized carbons (Fsp3) is 0.545. The Balaban J connectivity index is 2.00. The summed E-state index contributed by atoms with van der Waals surface area (Å²) in [5.74, 6) is -1.66. The van der Waals surface area contributed by atoms with Crippen molar-refractivity contribution >= 4 is 11.9 Å². The van der Waals surface area contributed by atoms with E-state index in [0.29, 0.717) is 0 Å². The van der Waals surface area contributed by atoms with Gasteiger partial charge in [-0.05, 0) is 19.3 Å². The molecule has 1 fully saturated rings. The van der Waals surface area contributed by atoms with Crippen LogP contribution in [0.3, 0.4) is 0 Å². The van der Waals surface area contributed by atoms with Crippen LogP contribution in [-0.2, 0) is 4.74 Å². The summed E-state index contributed by atoms with van der Waals surface area (Å²) in [7, 11) is 1.64. The van der Waals surface area contributed by atoms with E-state index in [-0.39, 0.29) is 23.5 Å². The standard InChI is InChI=1S/C11H15N3O4/c1-18-7-3-2-6(4-7)14-10(15)8-9(11(16)17)13-5-12-8/h5-7H,2-4H2,1H3,(H,12,13)(H,14,15)(H,16,17). The van der Waals surface area contributed by atoms with Crippen LogP contribution < -0.4 is 5.32 Å². The molecular formula is C11H15N3O4. The number of nitrogens with zero attached hydrogens (tertiary/aromatic N) is 1. The summed E-state index contributed by atoms with van der Waals surface area (Å²) in [4.78, 5) is 28.9. The van der Waals surface area contributed by atoms with Gasteiger partial charge in [-0.1, -0.05) is 0 Å². The van der Waals surface area contributed by atoms with Gasteiger partial charge in [-0.15, -0.1) is 0 Å². The van der Waals surface area contributed by atoms with Crippen molar-refractivity contribution in [1.29, 1.82) is 0 Å². The molecule has 1 saturated carbocycles. The highest BCUT2D eigenvalue weighted by Crippen LogP contribution is 2.21. The molecule has 1 aromatic heterocycles. The molecule has 1 aliphatic rings. The number of aromatic nitrogens is 2. The van der Waals surface area contributed by atoms with Crippen LogP contribution in [0.2, 0.25) is 0 Å². The first-order valence-electron chi connectivity index (χ1n) is 5.72. The molecule has 0 spiro atoms. The van der Waals surface area contributed by atoms with E-state index in [1.165, 1.54) is 6.33 Å². The van der Waals surface area contributed by atoms with Gasteiger partial charge in [0.2, 0.25) is 0 Å². The van der Waals surface area contributed by atoms with E-state index in [2.05, 4.69) is 15.3 Å². The Hall–Kier alpha value is -1.89. The number of carboxylic acids is 1. The highest BCUT2D eigenvalue weighted by molar-refractivity contribution is 6.02. The average molecular weight is 253 g/mol. The van der Waals surface area contributed by atoms with Crippen molar-refractivity contribution < 1.29 is 19.4 Å². The number of rotatable bonds is 4. The van der Waals surface area contributed by atoms with E-state index in [9.17, 15) is 9.59 Å². The van der Waals surface area contributed by atoms with Gasteiger partial charge in [-0.25, -0.2) is 9.78 Å². The molecule has 3 N–H and O–H groups in total. The van der Waals surface area contributed by atoms with E-state index >= 15 is 0 Å². The number of methoxy groups -OCH3 is 1. The lowest BCUT2D eigenvalue weighted by Gasteiger charge is -2.12. The van der Waals surface area contributed by atoms with Gasteiger partial charge in [-0.3, -0.25) is 4.79 Å². The topological polar surface area (TPSA) is 104 Å². The van der Waals surface area contributed by atoms with E-state index in [1.54, 1.807) is 7.11 Å². The predicted octanol–water partition coefficient (Wildman–Crippen LogP) is 0.405. The molecule has 1 aliphatic carbocycles. The zero-order valence-electron chi connectivity index (χ0n) is 9.97. The molecular weight excluding hydrogens is 238 g/mol. The number of imidazole rings is 1. The fourth-order valence-electron chi connectivity index (χ4n) is 2.17. The number of hydrogen-bond acceptors (Lipinski definition) is 4. The van der Waals surface area contributed by atoms with E-state index in [1.807, 2.05) is 0 Å². The second kappa shape index (κ2) is 5.18. The van der Waals surface area contributed by atoms with Crippen LogP contribution in [0.5, 0.6) is 0 Å². The van der Waals surface area contributed by atoms with Crippen LogP contribution in [0, 0.1) is 0 Å². The molecule has 7 heteroatoms. The monoisotopic (exact) mass is 253 g/mol. The molecule has 2 atom stereocenters. The van der Waals surface area contributed by atoms with Gasteiger partial charge in [-0.2, -0.15) is 0 Å². The minimum Gasteiger partial charge on any atom is -0.477 e. The number of amides is 1. The predicted molar refractivity (Wildman–Crippen MR) is 61.4 cm³/mol. The van der Waals surface area contributed by atoms with Crippen molar-refractivity contribution in [2.45, 2.75) is 31.4 Å². The van der Waals surface area contributed by atoms with Crippen LogP contribution in [0.25, 0.3) is 0 Å². The lowest BCUT2D eigenvalue weighted by molar-refractivity contribution is 0.0684. The highest BCUT2D eigenvalue weighted by atomic mass is 16.5. The summed E-state index contributed by atoms with van der Waals surface area (Å²) in [5.41, 5.74) is -0.267. The van der Waals surface area contributed by atoms with Crippen molar-refractivity contribution in [3.05, 3.63) is 17.7 Å². The van der Waals surface area contributed by atoms with Crippen molar-refractivity contribution in [1.82, 2.24) is 15.3 Å². The summed E-state index contributed by atoms with van der Waals surface area (Å²) in [5, 5.41) is 11.6. The molecule has 2 rings (SSSR count). The van der Waals surface area contributed by atoms with Gasteiger partial charge in [0.1, 0.15) is 0 Å². The first kappa shape index (κ1) is 12.6. The van der Waals surface area contributed by atoms with Crippen molar-refractivity contribution in [2.75, 3.05) is 7.11 Å². The molecule has 18 heavy (non-hydrogen) atoms. The van der Waals surface area contributed by atoms with Crippen molar-refractivity contribution in [3.8, 4) is 0 Å². The Kier molecular flexibility index (Phi) is 3.61. The number of hydrogen-bond donors (Lipinski definition) is 3. The number of carbonyl (C=O) groups excluding carboxylic acids is 1. The molecule has 0 aliphatic heterocycles. The van der Waals surface area contributed by atoms with Crippen LogP contribution in [0.15, 0.2) is 6.33 Å². The maximum Gasteiger partial charge on any atom is 0.354 e. The van der Waals surface area contributed by atoms with Gasteiger partial charge < -0.3 is 20.1 Å². The van der Waals surface area contributed by atoms with Crippen LogP contribution in [0.1, 0.15) is 40.2 Å². The molecule has 1 amide bonds. The Morgan fingerprint density at radius 1 is 1.56 bits per heavy atom. The van der Waals surface area contributed by atoms with E-state index in [0.717, 1.165) is 19.3 Å². The molecule has 0 saturated heterocycles. The lowest BCUT2D eigenvalue weighted by Crippen LogP contribution is -2.34. The maximum atomic E-state index is 11.9. The molecule has 0 aromatic carbocycles. The third-order valence-electron chi connectivity index (χ3n) is 3.12. The number of nitrogens with one attached hydrogen (secondary N) is 2. The SMILES string of the molecule is COC1CCC(NC(=O)c2nc[nH]c2C(=O)O)C1. The number of aromatic amines is 1. The largest absolute Gasteiger partial charge is 0.477 e. The molecule has 0 radical (unpaired) electrons. The normalized spacial score (nSPS) is 22.9. The average Bonchev–Trinajstić information content (AvgIpc) is 2.96. The molecule has 1 aromatic rings. The highest BCUT2D eigenvalue weighted by Gasteiger charge is 2.28.